The van der Waals surface area contributed by atoms with E-state index in [0.29, 0.717) is 25.9 Å². The second-order valence-electron chi connectivity index (χ2n) is 5.34. The largest absolute Gasteiger partial charge is 0.394 e. The molecule has 2 N–H and O–H groups in total. The summed E-state index contributed by atoms with van der Waals surface area (Å²) in [5.41, 5.74) is -0.424. The van der Waals surface area contributed by atoms with Crippen LogP contribution in [-0.4, -0.2) is 58.5 Å². The summed E-state index contributed by atoms with van der Waals surface area (Å²) in [5, 5.41) is 18.3. The summed E-state index contributed by atoms with van der Waals surface area (Å²) in [7, 11) is 0. The number of ether oxygens (including phenoxy) is 1. The zero-order valence-corrected chi connectivity index (χ0v) is 10.8. The standard InChI is InChI=1S/C12H23NO4/c1-9(15)4-5-11(16)13-6-10(7-14)17-12(2,3)8-13/h9-10,14-15H,4-8H2,1-3H3. The Hall–Kier alpha value is -0.650. The number of amides is 1. The molecular formula is C12H23NO4. The molecular weight excluding hydrogens is 222 g/mol. The summed E-state index contributed by atoms with van der Waals surface area (Å²) in [6, 6.07) is 0. The first-order valence-electron chi connectivity index (χ1n) is 6.08. The third kappa shape index (κ3) is 4.61. The highest BCUT2D eigenvalue weighted by Gasteiger charge is 2.34. The van der Waals surface area contributed by atoms with Crippen molar-refractivity contribution < 1.29 is 19.7 Å². The van der Waals surface area contributed by atoms with Crippen molar-refractivity contribution in [3.8, 4) is 0 Å². The molecule has 100 valence electrons. The molecule has 0 radical (unpaired) electrons. The molecule has 1 saturated heterocycles. The van der Waals surface area contributed by atoms with Crippen molar-refractivity contribution in [1.82, 2.24) is 4.90 Å². The second-order valence-corrected chi connectivity index (χ2v) is 5.34. The molecule has 1 rings (SSSR count). The number of hydrogen-bond donors (Lipinski definition) is 2. The van der Waals surface area contributed by atoms with Crippen molar-refractivity contribution >= 4 is 5.91 Å². The molecule has 5 nitrogen and oxygen atoms in total. The molecule has 17 heavy (non-hydrogen) atoms. The van der Waals surface area contributed by atoms with Gasteiger partial charge in [-0.25, -0.2) is 0 Å². The molecule has 0 aromatic heterocycles. The van der Waals surface area contributed by atoms with Crippen LogP contribution >= 0.6 is 0 Å². The van der Waals surface area contributed by atoms with Gasteiger partial charge in [0.2, 0.25) is 5.91 Å². The van der Waals surface area contributed by atoms with E-state index in [-0.39, 0.29) is 18.6 Å². The molecule has 5 heteroatoms. The number of aliphatic hydroxyl groups is 2. The van der Waals surface area contributed by atoms with Gasteiger partial charge in [0.25, 0.3) is 0 Å². The van der Waals surface area contributed by atoms with Gasteiger partial charge in [0, 0.05) is 19.5 Å². The fourth-order valence-corrected chi connectivity index (χ4v) is 2.07. The van der Waals surface area contributed by atoms with Gasteiger partial charge in [-0.1, -0.05) is 0 Å². The van der Waals surface area contributed by atoms with Crippen molar-refractivity contribution in [3.05, 3.63) is 0 Å². The predicted octanol–water partition coefficient (Wildman–Crippen LogP) is 0.146. The first-order chi connectivity index (χ1) is 7.84. The van der Waals surface area contributed by atoms with E-state index in [1.165, 1.54) is 0 Å². The van der Waals surface area contributed by atoms with Crippen LogP contribution in [0.25, 0.3) is 0 Å². The van der Waals surface area contributed by atoms with Crippen molar-refractivity contribution in [2.24, 2.45) is 0 Å². The van der Waals surface area contributed by atoms with Gasteiger partial charge in [0.05, 0.1) is 24.4 Å². The van der Waals surface area contributed by atoms with E-state index in [1.54, 1.807) is 11.8 Å². The minimum Gasteiger partial charge on any atom is -0.394 e. The average Bonchev–Trinajstić information content (AvgIpc) is 2.23. The normalized spacial score (nSPS) is 25.7. The Morgan fingerprint density at radius 3 is 2.76 bits per heavy atom. The van der Waals surface area contributed by atoms with Gasteiger partial charge in [-0.05, 0) is 27.2 Å². The maximum Gasteiger partial charge on any atom is 0.222 e. The summed E-state index contributed by atoms with van der Waals surface area (Å²) < 4.78 is 5.64. The van der Waals surface area contributed by atoms with Crippen molar-refractivity contribution in [3.63, 3.8) is 0 Å². The Morgan fingerprint density at radius 1 is 1.59 bits per heavy atom. The van der Waals surface area contributed by atoms with Crippen LogP contribution in [0.4, 0.5) is 0 Å². The lowest BCUT2D eigenvalue weighted by Gasteiger charge is -2.42. The third-order valence-corrected chi connectivity index (χ3v) is 2.81. The fourth-order valence-electron chi connectivity index (χ4n) is 2.07. The number of carbonyl (C=O) groups is 1. The van der Waals surface area contributed by atoms with E-state index in [1.807, 2.05) is 13.8 Å². The minimum absolute atomic E-state index is 0.0146. The van der Waals surface area contributed by atoms with Crippen LogP contribution in [0.2, 0.25) is 0 Å². The molecule has 2 atom stereocenters. The van der Waals surface area contributed by atoms with Crippen molar-refractivity contribution in [2.45, 2.75) is 51.4 Å². The maximum atomic E-state index is 11.9. The van der Waals surface area contributed by atoms with E-state index in [0.717, 1.165) is 0 Å². The fraction of sp³-hybridized carbons (Fsp3) is 0.917. The topological polar surface area (TPSA) is 70.0 Å². The zero-order chi connectivity index (χ0) is 13.1. The quantitative estimate of drug-likeness (QED) is 0.739. The van der Waals surface area contributed by atoms with Gasteiger partial charge in [0.1, 0.15) is 0 Å². The first kappa shape index (κ1) is 14.4. The van der Waals surface area contributed by atoms with Crippen LogP contribution in [0.1, 0.15) is 33.6 Å². The number of hydrogen-bond acceptors (Lipinski definition) is 4. The van der Waals surface area contributed by atoms with Crippen LogP contribution < -0.4 is 0 Å². The van der Waals surface area contributed by atoms with Gasteiger partial charge in [-0.15, -0.1) is 0 Å². The second kappa shape index (κ2) is 5.80. The Labute approximate surface area is 102 Å². The molecule has 0 saturated carbocycles. The molecule has 0 aromatic carbocycles. The van der Waals surface area contributed by atoms with Gasteiger partial charge >= 0.3 is 0 Å². The lowest BCUT2D eigenvalue weighted by atomic mass is 10.0. The lowest BCUT2D eigenvalue weighted by Crippen LogP contribution is -2.55. The van der Waals surface area contributed by atoms with Gasteiger partial charge in [0.15, 0.2) is 0 Å². The molecule has 1 amide bonds. The smallest absolute Gasteiger partial charge is 0.222 e. The van der Waals surface area contributed by atoms with Gasteiger partial charge in [-0.2, -0.15) is 0 Å². The van der Waals surface area contributed by atoms with E-state index < -0.39 is 11.7 Å². The van der Waals surface area contributed by atoms with Crippen molar-refractivity contribution in [2.75, 3.05) is 19.7 Å². The number of nitrogens with zero attached hydrogens (tertiary/aromatic N) is 1. The minimum atomic E-state index is -0.457. The molecule has 0 spiro atoms. The number of carbonyl (C=O) groups excluding carboxylic acids is 1. The highest BCUT2D eigenvalue weighted by molar-refractivity contribution is 5.76. The molecule has 1 aliphatic heterocycles. The molecule has 1 aliphatic rings. The van der Waals surface area contributed by atoms with Crippen LogP contribution in [-0.2, 0) is 9.53 Å². The van der Waals surface area contributed by atoms with Crippen LogP contribution in [0.3, 0.4) is 0 Å². The summed E-state index contributed by atoms with van der Waals surface area (Å²) in [4.78, 5) is 13.6. The predicted molar refractivity (Wildman–Crippen MR) is 63.5 cm³/mol. The van der Waals surface area contributed by atoms with E-state index >= 15 is 0 Å². The summed E-state index contributed by atoms with van der Waals surface area (Å²) in [6.07, 6.45) is 0.0441. The Kier molecular flexibility index (Phi) is 4.91. The van der Waals surface area contributed by atoms with Crippen LogP contribution in [0.15, 0.2) is 0 Å². The highest BCUT2D eigenvalue weighted by Crippen LogP contribution is 2.21. The Bertz CT molecular complexity index is 265. The molecule has 0 aliphatic carbocycles. The summed E-state index contributed by atoms with van der Waals surface area (Å²) in [6.45, 7) is 6.37. The lowest BCUT2D eigenvalue weighted by molar-refractivity contribution is -0.167. The van der Waals surface area contributed by atoms with Crippen LogP contribution in [0.5, 0.6) is 0 Å². The molecule has 0 bridgehead atoms. The zero-order valence-electron chi connectivity index (χ0n) is 10.8. The monoisotopic (exact) mass is 245 g/mol. The van der Waals surface area contributed by atoms with Crippen molar-refractivity contribution in [1.29, 1.82) is 0 Å². The van der Waals surface area contributed by atoms with Gasteiger partial charge < -0.3 is 19.8 Å². The number of aliphatic hydroxyl groups excluding tert-OH is 2. The Morgan fingerprint density at radius 2 is 2.24 bits per heavy atom. The van der Waals surface area contributed by atoms with E-state index in [9.17, 15) is 4.79 Å². The third-order valence-electron chi connectivity index (χ3n) is 2.81. The number of morpholine rings is 1. The molecule has 1 fully saturated rings. The number of rotatable bonds is 4. The first-order valence-corrected chi connectivity index (χ1v) is 6.08. The van der Waals surface area contributed by atoms with E-state index in [2.05, 4.69) is 0 Å². The maximum absolute atomic E-state index is 11.9. The Balaban J connectivity index is 2.54. The summed E-state index contributed by atoms with van der Waals surface area (Å²) in [5.74, 6) is 0.0146. The molecule has 1 heterocycles. The molecule has 0 aromatic rings. The highest BCUT2D eigenvalue weighted by atomic mass is 16.5. The molecule has 2 unspecified atom stereocenters. The van der Waals surface area contributed by atoms with Crippen LogP contribution in [0, 0.1) is 0 Å². The summed E-state index contributed by atoms with van der Waals surface area (Å²) >= 11 is 0. The average molecular weight is 245 g/mol. The van der Waals surface area contributed by atoms with E-state index in [4.69, 9.17) is 14.9 Å². The SMILES string of the molecule is CC(O)CCC(=O)N1CC(CO)OC(C)(C)C1. The van der Waals surface area contributed by atoms with Gasteiger partial charge in [-0.3, -0.25) is 4.79 Å².